The number of nitrogens with one attached hydrogen (secondary N) is 1. The molecule has 0 saturated carbocycles. The van der Waals surface area contributed by atoms with Crippen LogP contribution in [-0.4, -0.2) is 40.7 Å². The molecule has 1 rings (SSSR count). The fourth-order valence-electron chi connectivity index (χ4n) is 1.48. The van der Waals surface area contributed by atoms with E-state index in [2.05, 4.69) is 24.1 Å². The van der Waals surface area contributed by atoms with Gasteiger partial charge in [0.15, 0.2) is 5.13 Å². The molecule has 1 aromatic rings. The molecule has 0 aromatic carbocycles. The summed E-state index contributed by atoms with van der Waals surface area (Å²) < 4.78 is 0. The lowest BCUT2D eigenvalue weighted by Crippen LogP contribution is -2.37. The predicted molar refractivity (Wildman–Crippen MR) is 74.1 cm³/mol. The largest absolute Gasteiger partial charge is 0.395 e. The highest BCUT2D eigenvalue weighted by Crippen LogP contribution is 2.18. The lowest BCUT2D eigenvalue weighted by molar-refractivity contribution is 0.187. The third-order valence-electron chi connectivity index (χ3n) is 2.55. The van der Waals surface area contributed by atoms with Crippen molar-refractivity contribution >= 4 is 22.5 Å². The first-order valence-corrected chi connectivity index (χ1v) is 7.14. The Kier molecular flexibility index (Phi) is 6.67. The normalized spacial score (nSPS) is 10.4. The van der Waals surface area contributed by atoms with Crippen LogP contribution in [0.1, 0.15) is 31.6 Å². The molecule has 0 fully saturated rings. The number of aromatic nitrogens is 1. The second-order valence-electron chi connectivity index (χ2n) is 3.98. The molecule has 0 aliphatic heterocycles. The molecule has 2 N–H and O–H groups in total. The second kappa shape index (κ2) is 8.05. The summed E-state index contributed by atoms with van der Waals surface area (Å²) in [5.74, 6) is 0. The van der Waals surface area contributed by atoms with Gasteiger partial charge < -0.3 is 10.0 Å². The summed E-state index contributed by atoms with van der Waals surface area (Å²) in [6.07, 6.45) is 4.66. The van der Waals surface area contributed by atoms with Crippen LogP contribution < -0.4 is 5.32 Å². The molecule has 1 aromatic heterocycles. The lowest BCUT2D eigenvalue weighted by Gasteiger charge is -2.21. The fourth-order valence-corrected chi connectivity index (χ4v) is 2.23. The van der Waals surface area contributed by atoms with Gasteiger partial charge in [-0.25, -0.2) is 9.78 Å². The predicted octanol–water partition coefficient (Wildman–Crippen LogP) is 2.33. The number of aryl methyl sites for hydroxylation is 1. The molecule has 18 heavy (non-hydrogen) atoms. The number of anilines is 1. The van der Waals surface area contributed by atoms with Crippen molar-refractivity contribution in [3.63, 3.8) is 0 Å². The molecule has 5 nitrogen and oxygen atoms in total. The van der Waals surface area contributed by atoms with Gasteiger partial charge in [0.2, 0.25) is 0 Å². The minimum absolute atomic E-state index is 0.0186. The van der Waals surface area contributed by atoms with Crippen molar-refractivity contribution in [2.75, 3.05) is 25.0 Å². The van der Waals surface area contributed by atoms with E-state index in [1.807, 2.05) is 0 Å². The zero-order chi connectivity index (χ0) is 13.4. The van der Waals surface area contributed by atoms with Crippen LogP contribution in [0, 0.1) is 0 Å². The van der Waals surface area contributed by atoms with Crippen LogP contribution in [-0.2, 0) is 6.42 Å². The zero-order valence-corrected chi connectivity index (χ0v) is 11.8. The van der Waals surface area contributed by atoms with E-state index in [0.29, 0.717) is 18.2 Å². The SMILES string of the molecule is CCCCN(CCO)C(=O)Nc1ncc(CC)s1. The van der Waals surface area contributed by atoms with Gasteiger partial charge in [0.05, 0.1) is 6.61 Å². The van der Waals surface area contributed by atoms with Gasteiger partial charge in [0.1, 0.15) is 0 Å². The standard InChI is InChI=1S/C12H21N3O2S/c1-3-5-6-15(7-8-16)12(17)14-11-13-9-10(4-2)18-11/h9,16H,3-8H2,1-2H3,(H,13,14,17). The van der Waals surface area contributed by atoms with E-state index < -0.39 is 0 Å². The minimum Gasteiger partial charge on any atom is -0.395 e. The van der Waals surface area contributed by atoms with Crippen LogP contribution in [0.25, 0.3) is 0 Å². The number of carbonyl (C=O) groups is 1. The summed E-state index contributed by atoms with van der Waals surface area (Å²) in [7, 11) is 0. The van der Waals surface area contributed by atoms with Gasteiger partial charge in [-0.1, -0.05) is 20.3 Å². The van der Waals surface area contributed by atoms with Crippen LogP contribution in [0.2, 0.25) is 0 Å². The molecular weight excluding hydrogens is 250 g/mol. The van der Waals surface area contributed by atoms with Crippen molar-refractivity contribution in [2.45, 2.75) is 33.1 Å². The van der Waals surface area contributed by atoms with Gasteiger partial charge in [-0.3, -0.25) is 5.32 Å². The van der Waals surface area contributed by atoms with Crippen LogP contribution in [0.5, 0.6) is 0 Å². The van der Waals surface area contributed by atoms with E-state index in [1.165, 1.54) is 11.3 Å². The van der Waals surface area contributed by atoms with E-state index >= 15 is 0 Å². The van der Waals surface area contributed by atoms with E-state index in [9.17, 15) is 4.79 Å². The van der Waals surface area contributed by atoms with Crippen LogP contribution >= 0.6 is 11.3 Å². The van der Waals surface area contributed by atoms with Crippen molar-refractivity contribution in [2.24, 2.45) is 0 Å². The summed E-state index contributed by atoms with van der Waals surface area (Å²) in [4.78, 5) is 18.9. The second-order valence-corrected chi connectivity index (χ2v) is 5.09. The van der Waals surface area contributed by atoms with Crippen LogP contribution in [0.15, 0.2) is 6.20 Å². The number of unbranched alkanes of at least 4 members (excludes halogenated alkanes) is 1. The molecule has 0 saturated heterocycles. The third-order valence-corrected chi connectivity index (χ3v) is 3.61. The summed E-state index contributed by atoms with van der Waals surface area (Å²) >= 11 is 1.49. The maximum absolute atomic E-state index is 12.0. The first kappa shape index (κ1) is 14.9. The number of amides is 2. The van der Waals surface area contributed by atoms with E-state index in [4.69, 9.17) is 5.11 Å². The van der Waals surface area contributed by atoms with Gasteiger partial charge in [0.25, 0.3) is 0 Å². The van der Waals surface area contributed by atoms with E-state index in [-0.39, 0.29) is 12.6 Å². The number of thiazole rings is 1. The molecule has 6 heteroatoms. The highest BCUT2D eigenvalue weighted by Gasteiger charge is 2.13. The molecule has 0 bridgehead atoms. The summed E-state index contributed by atoms with van der Waals surface area (Å²) in [6, 6.07) is -0.186. The quantitative estimate of drug-likeness (QED) is 0.800. The number of rotatable bonds is 7. The number of urea groups is 1. The lowest BCUT2D eigenvalue weighted by atomic mass is 10.3. The van der Waals surface area contributed by atoms with Gasteiger partial charge >= 0.3 is 6.03 Å². The Morgan fingerprint density at radius 2 is 2.28 bits per heavy atom. The highest BCUT2D eigenvalue weighted by atomic mass is 32.1. The monoisotopic (exact) mass is 271 g/mol. The summed E-state index contributed by atoms with van der Waals surface area (Å²) in [5, 5.41) is 12.4. The molecule has 0 radical (unpaired) electrons. The fraction of sp³-hybridized carbons (Fsp3) is 0.667. The topological polar surface area (TPSA) is 65.5 Å². The number of carbonyl (C=O) groups excluding carboxylic acids is 1. The number of hydrogen-bond acceptors (Lipinski definition) is 4. The van der Waals surface area contributed by atoms with Crippen molar-refractivity contribution in [1.82, 2.24) is 9.88 Å². The minimum atomic E-state index is -0.186. The van der Waals surface area contributed by atoms with Gasteiger partial charge in [-0.2, -0.15) is 0 Å². The molecule has 0 aliphatic carbocycles. The Labute approximate surface area is 112 Å². The number of aliphatic hydroxyl groups is 1. The van der Waals surface area contributed by atoms with Gasteiger partial charge in [0, 0.05) is 24.2 Å². The average Bonchev–Trinajstić information content (AvgIpc) is 2.82. The van der Waals surface area contributed by atoms with E-state index in [1.54, 1.807) is 11.1 Å². The maximum Gasteiger partial charge on any atom is 0.323 e. The first-order valence-electron chi connectivity index (χ1n) is 6.32. The summed E-state index contributed by atoms with van der Waals surface area (Å²) in [5.41, 5.74) is 0. The molecule has 0 spiro atoms. The highest BCUT2D eigenvalue weighted by molar-refractivity contribution is 7.15. The summed E-state index contributed by atoms with van der Waals surface area (Å²) in [6.45, 7) is 5.13. The molecule has 102 valence electrons. The van der Waals surface area contributed by atoms with Crippen molar-refractivity contribution in [1.29, 1.82) is 0 Å². The van der Waals surface area contributed by atoms with Crippen molar-refractivity contribution < 1.29 is 9.90 Å². The Bertz CT molecular complexity index is 368. The first-order chi connectivity index (χ1) is 8.71. The average molecular weight is 271 g/mol. The Morgan fingerprint density at radius 3 is 2.83 bits per heavy atom. The molecule has 0 atom stereocenters. The smallest absolute Gasteiger partial charge is 0.323 e. The van der Waals surface area contributed by atoms with Crippen LogP contribution in [0.3, 0.4) is 0 Å². The number of hydrogen-bond donors (Lipinski definition) is 2. The Morgan fingerprint density at radius 1 is 1.50 bits per heavy atom. The van der Waals surface area contributed by atoms with Gasteiger partial charge in [-0.05, 0) is 12.8 Å². The zero-order valence-electron chi connectivity index (χ0n) is 11.0. The van der Waals surface area contributed by atoms with Crippen LogP contribution in [0.4, 0.5) is 9.93 Å². The Hall–Kier alpha value is -1.14. The molecule has 1 heterocycles. The molecule has 2 amide bonds. The number of aliphatic hydroxyl groups excluding tert-OH is 1. The number of nitrogens with zero attached hydrogens (tertiary/aromatic N) is 2. The van der Waals surface area contributed by atoms with Crippen molar-refractivity contribution in [3.8, 4) is 0 Å². The Balaban J connectivity index is 2.54. The molecule has 0 unspecified atom stereocenters. The maximum atomic E-state index is 12.0. The van der Waals surface area contributed by atoms with Gasteiger partial charge in [-0.15, -0.1) is 11.3 Å². The molecular formula is C12H21N3O2S. The third kappa shape index (κ3) is 4.62. The molecule has 0 aliphatic rings. The van der Waals surface area contributed by atoms with Crippen molar-refractivity contribution in [3.05, 3.63) is 11.1 Å². The van der Waals surface area contributed by atoms with E-state index in [0.717, 1.165) is 24.1 Å².